The Morgan fingerprint density at radius 1 is 0.895 bits per heavy atom. The molecule has 0 saturated heterocycles. The highest BCUT2D eigenvalue weighted by Gasteiger charge is 2.34. The van der Waals surface area contributed by atoms with Crippen molar-refractivity contribution in [1.82, 2.24) is 0 Å². The van der Waals surface area contributed by atoms with Crippen molar-refractivity contribution in [1.29, 1.82) is 0 Å². The van der Waals surface area contributed by atoms with E-state index in [-0.39, 0.29) is 0 Å². The van der Waals surface area contributed by atoms with Gasteiger partial charge in [0, 0.05) is 6.54 Å². The average Bonchev–Trinajstić information content (AvgIpc) is 3.04. The zero-order valence-corrected chi connectivity index (χ0v) is 10.7. The van der Waals surface area contributed by atoms with E-state index >= 15 is 0 Å². The van der Waals surface area contributed by atoms with E-state index in [0.29, 0.717) is 0 Å². The molecule has 19 heavy (non-hydrogen) atoms. The lowest BCUT2D eigenvalue weighted by atomic mass is 10.2. The first-order valence-corrected chi connectivity index (χ1v) is 6.66. The van der Waals surface area contributed by atoms with Crippen molar-refractivity contribution in [3.63, 3.8) is 0 Å². The average molecular weight is 249 g/mol. The number of fused-ring (bicyclic) bond motifs is 3. The molecule has 0 fully saturated rings. The quantitative estimate of drug-likeness (QED) is 0.815. The first-order valence-electron chi connectivity index (χ1n) is 6.66. The Bertz CT molecular complexity index is 633. The van der Waals surface area contributed by atoms with Gasteiger partial charge in [-0.3, -0.25) is 4.99 Å². The number of para-hydroxylation sites is 2. The normalized spacial score (nSPS) is 16.3. The molecule has 0 spiro atoms. The van der Waals surface area contributed by atoms with Crippen LogP contribution in [0.2, 0.25) is 0 Å². The Balaban J connectivity index is 1.75. The minimum atomic E-state index is 0.882. The molecule has 0 unspecified atom stereocenters. The fourth-order valence-electron chi connectivity index (χ4n) is 2.84. The Kier molecular flexibility index (Phi) is 2.30. The number of aliphatic imine (C=N–C) groups is 1. The van der Waals surface area contributed by atoms with Crippen molar-refractivity contribution in [2.24, 2.45) is 4.99 Å². The van der Waals surface area contributed by atoms with Crippen LogP contribution in [0.25, 0.3) is 0 Å². The summed E-state index contributed by atoms with van der Waals surface area (Å²) in [6, 6.07) is 19.1. The Hall–Kier alpha value is -2.29. The molecule has 3 nitrogen and oxygen atoms in total. The first-order chi connectivity index (χ1) is 9.43. The van der Waals surface area contributed by atoms with Crippen LogP contribution in [0.5, 0.6) is 0 Å². The van der Waals surface area contributed by atoms with Gasteiger partial charge in [0.25, 0.3) is 0 Å². The maximum absolute atomic E-state index is 4.66. The Labute approximate surface area is 112 Å². The molecule has 0 aliphatic carbocycles. The molecule has 0 bridgehead atoms. The zero-order chi connectivity index (χ0) is 12.7. The molecule has 2 aliphatic heterocycles. The van der Waals surface area contributed by atoms with Crippen molar-refractivity contribution in [3.05, 3.63) is 60.2 Å². The lowest BCUT2D eigenvalue weighted by molar-refractivity contribution is 1.01. The summed E-state index contributed by atoms with van der Waals surface area (Å²) >= 11 is 0. The second kappa shape index (κ2) is 4.12. The fraction of sp³-hybridized carbons (Fsp3) is 0.188. The highest BCUT2D eigenvalue weighted by Crippen LogP contribution is 2.39. The van der Waals surface area contributed by atoms with Gasteiger partial charge in [-0.15, -0.1) is 0 Å². The van der Waals surface area contributed by atoms with Gasteiger partial charge in [-0.1, -0.05) is 42.5 Å². The van der Waals surface area contributed by atoms with Crippen molar-refractivity contribution >= 4 is 17.3 Å². The summed E-state index contributed by atoms with van der Waals surface area (Å²) in [5, 5.41) is 0. The van der Waals surface area contributed by atoms with E-state index in [1.54, 1.807) is 0 Å². The molecule has 0 N–H and O–H groups in total. The van der Waals surface area contributed by atoms with Gasteiger partial charge in [-0.25, -0.2) is 0 Å². The highest BCUT2D eigenvalue weighted by molar-refractivity contribution is 6.16. The van der Waals surface area contributed by atoms with Crippen LogP contribution >= 0.6 is 0 Å². The van der Waals surface area contributed by atoms with Gasteiger partial charge in [-0.05, 0) is 17.7 Å². The van der Waals surface area contributed by atoms with Crippen LogP contribution in [-0.4, -0.2) is 19.0 Å². The molecule has 2 aromatic rings. The maximum Gasteiger partial charge on any atom is 0.206 e. The third-order valence-corrected chi connectivity index (χ3v) is 3.71. The molecular formula is C16H15N3. The summed E-state index contributed by atoms with van der Waals surface area (Å²) in [5.74, 6) is 1.10. The number of hydrogen-bond donors (Lipinski definition) is 0. The number of hydrogen-bond acceptors (Lipinski definition) is 3. The summed E-state index contributed by atoms with van der Waals surface area (Å²) in [6.45, 7) is 2.78. The van der Waals surface area contributed by atoms with E-state index < -0.39 is 0 Å². The van der Waals surface area contributed by atoms with E-state index in [1.165, 1.54) is 16.9 Å². The topological polar surface area (TPSA) is 18.8 Å². The van der Waals surface area contributed by atoms with Crippen LogP contribution in [0.1, 0.15) is 5.56 Å². The Morgan fingerprint density at radius 2 is 1.63 bits per heavy atom. The molecule has 0 amide bonds. The summed E-state index contributed by atoms with van der Waals surface area (Å²) in [5.41, 5.74) is 3.87. The molecule has 2 heterocycles. The number of anilines is 2. The van der Waals surface area contributed by atoms with Crippen LogP contribution in [0, 0.1) is 0 Å². The Morgan fingerprint density at radius 3 is 2.47 bits per heavy atom. The van der Waals surface area contributed by atoms with Crippen molar-refractivity contribution < 1.29 is 0 Å². The van der Waals surface area contributed by atoms with Crippen molar-refractivity contribution in [3.8, 4) is 0 Å². The first kappa shape index (κ1) is 10.6. The fourth-order valence-corrected chi connectivity index (χ4v) is 2.84. The van der Waals surface area contributed by atoms with Crippen molar-refractivity contribution in [2.45, 2.75) is 6.54 Å². The summed E-state index contributed by atoms with van der Waals surface area (Å²) in [4.78, 5) is 9.29. The maximum atomic E-state index is 4.66. The lowest BCUT2D eigenvalue weighted by Gasteiger charge is -2.19. The standard InChI is InChI=1S/C16H15N3/c1-2-6-13(7-3-1)12-19-15-9-5-4-8-14(15)18-11-10-17-16(18)19/h1-9H,10-12H2. The molecule has 94 valence electrons. The smallest absolute Gasteiger partial charge is 0.206 e. The van der Waals surface area contributed by atoms with Crippen molar-refractivity contribution in [2.75, 3.05) is 22.9 Å². The predicted octanol–water partition coefficient (Wildman–Crippen LogP) is 2.88. The predicted molar refractivity (Wildman–Crippen MR) is 78.7 cm³/mol. The van der Waals surface area contributed by atoms with Crippen LogP contribution in [-0.2, 0) is 6.54 Å². The van der Waals surface area contributed by atoms with Gasteiger partial charge in [0.15, 0.2) is 0 Å². The minimum Gasteiger partial charge on any atom is -0.308 e. The van der Waals surface area contributed by atoms with Gasteiger partial charge in [0.1, 0.15) is 0 Å². The van der Waals surface area contributed by atoms with Crippen LogP contribution < -0.4 is 9.80 Å². The molecule has 4 rings (SSSR count). The number of rotatable bonds is 2. The summed E-state index contributed by atoms with van der Waals surface area (Å²) < 4.78 is 0. The lowest BCUT2D eigenvalue weighted by Crippen LogP contribution is -2.34. The zero-order valence-electron chi connectivity index (χ0n) is 10.7. The van der Waals surface area contributed by atoms with Gasteiger partial charge >= 0.3 is 0 Å². The van der Waals surface area contributed by atoms with Gasteiger partial charge in [0.05, 0.1) is 24.5 Å². The molecule has 2 aromatic carbocycles. The monoisotopic (exact) mass is 249 g/mol. The number of benzene rings is 2. The minimum absolute atomic E-state index is 0.882. The second-order valence-electron chi connectivity index (χ2n) is 4.89. The molecule has 3 heteroatoms. The van der Waals surface area contributed by atoms with E-state index in [1.807, 2.05) is 0 Å². The SMILES string of the molecule is c1ccc(CN2C3=NCCN3c3ccccc32)cc1. The molecule has 0 aromatic heterocycles. The van der Waals surface area contributed by atoms with E-state index in [0.717, 1.165) is 25.6 Å². The molecular weight excluding hydrogens is 234 g/mol. The third kappa shape index (κ3) is 1.62. The van der Waals surface area contributed by atoms with E-state index in [9.17, 15) is 0 Å². The third-order valence-electron chi connectivity index (χ3n) is 3.71. The number of nitrogens with zero attached hydrogens (tertiary/aromatic N) is 3. The van der Waals surface area contributed by atoms with Gasteiger partial charge in [-0.2, -0.15) is 0 Å². The highest BCUT2D eigenvalue weighted by atomic mass is 15.5. The van der Waals surface area contributed by atoms with Crippen LogP contribution in [0.4, 0.5) is 11.4 Å². The second-order valence-corrected chi connectivity index (χ2v) is 4.89. The van der Waals surface area contributed by atoms with Gasteiger partial charge < -0.3 is 9.80 Å². The molecule has 2 aliphatic rings. The number of guanidine groups is 1. The molecule has 0 radical (unpaired) electrons. The largest absolute Gasteiger partial charge is 0.308 e. The molecule has 0 saturated carbocycles. The van der Waals surface area contributed by atoms with E-state index in [4.69, 9.17) is 0 Å². The van der Waals surface area contributed by atoms with Crippen LogP contribution in [0.15, 0.2) is 59.6 Å². The summed E-state index contributed by atoms with van der Waals surface area (Å²) in [7, 11) is 0. The van der Waals surface area contributed by atoms with Gasteiger partial charge in [0.2, 0.25) is 5.96 Å². The van der Waals surface area contributed by atoms with Crippen LogP contribution in [0.3, 0.4) is 0 Å². The molecule has 0 atom stereocenters. The summed E-state index contributed by atoms with van der Waals surface area (Å²) in [6.07, 6.45) is 0. The van der Waals surface area contributed by atoms with E-state index in [2.05, 4.69) is 69.4 Å².